The van der Waals surface area contributed by atoms with Crippen LogP contribution in [0.2, 0.25) is 0 Å². The van der Waals surface area contributed by atoms with Crippen molar-refractivity contribution in [2.45, 2.75) is 19.8 Å². The molecule has 0 aromatic carbocycles. The molecular formula is C10H21NO4S. The third-order valence-corrected chi connectivity index (χ3v) is 4.06. The van der Waals surface area contributed by atoms with Crippen molar-refractivity contribution in [3.05, 3.63) is 0 Å². The van der Waals surface area contributed by atoms with Gasteiger partial charge in [-0.05, 0) is 20.0 Å². The largest absolute Gasteiger partial charge is 0.469 e. The number of esters is 1. The SMILES string of the molecule is CCS(=O)(=O)CCN(C)CCCC(=O)OC. The number of sulfone groups is 1. The predicted octanol–water partition coefficient (Wildman–Crippen LogP) is 0.306. The molecule has 0 saturated carbocycles. The van der Waals surface area contributed by atoms with Gasteiger partial charge in [-0.2, -0.15) is 0 Å². The third kappa shape index (κ3) is 7.64. The van der Waals surface area contributed by atoms with Crippen molar-refractivity contribution in [1.29, 1.82) is 0 Å². The highest BCUT2D eigenvalue weighted by molar-refractivity contribution is 7.91. The number of hydrogen-bond acceptors (Lipinski definition) is 5. The van der Waals surface area contributed by atoms with Gasteiger partial charge in [0.15, 0.2) is 9.84 Å². The first-order valence-electron chi connectivity index (χ1n) is 5.37. The van der Waals surface area contributed by atoms with E-state index in [4.69, 9.17) is 0 Å². The van der Waals surface area contributed by atoms with Crippen LogP contribution in [0.4, 0.5) is 0 Å². The van der Waals surface area contributed by atoms with Gasteiger partial charge in [-0.15, -0.1) is 0 Å². The van der Waals surface area contributed by atoms with E-state index in [2.05, 4.69) is 4.74 Å². The summed E-state index contributed by atoms with van der Waals surface area (Å²) in [4.78, 5) is 12.7. The van der Waals surface area contributed by atoms with Crippen LogP contribution in [0.1, 0.15) is 19.8 Å². The van der Waals surface area contributed by atoms with E-state index in [1.165, 1.54) is 7.11 Å². The quantitative estimate of drug-likeness (QED) is 0.581. The number of nitrogens with zero attached hydrogens (tertiary/aromatic N) is 1. The summed E-state index contributed by atoms with van der Waals surface area (Å²) in [7, 11) is 0.317. The van der Waals surface area contributed by atoms with Gasteiger partial charge in [0, 0.05) is 18.7 Å². The van der Waals surface area contributed by atoms with E-state index in [0.717, 1.165) is 0 Å². The number of methoxy groups -OCH3 is 1. The molecule has 0 radical (unpaired) electrons. The van der Waals surface area contributed by atoms with E-state index in [9.17, 15) is 13.2 Å². The maximum atomic E-state index is 11.2. The second-order valence-corrected chi connectivity index (χ2v) is 6.19. The van der Waals surface area contributed by atoms with Gasteiger partial charge in [0.2, 0.25) is 0 Å². The Bertz CT molecular complexity index is 300. The Hall–Kier alpha value is -0.620. The molecule has 0 amide bonds. The number of ether oxygens (including phenoxy) is 1. The summed E-state index contributed by atoms with van der Waals surface area (Å²) in [6, 6.07) is 0. The molecular weight excluding hydrogens is 230 g/mol. The Morgan fingerprint density at radius 1 is 1.31 bits per heavy atom. The van der Waals surface area contributed by atoms with Crippen molar-refractivity contribution in [1.82, 2.24) is 4.90 Å². The third-order valence-electron chi connectivity index (χ3n) is 2.37. The van der Waals surface area contributed by atoms with E-state index >= 15 is 0 Å². The van der Waals surface area contributed by atoms with Gasteiger partial charge in [-0.1, -0.05) is 6.92 Å². The number of hydrogen-bond donors (Lipinski definition) is 0. The average molecular weight is 251 g/mol. The lowest BCUT2D eigenvalue weighted by atomic mass is 10.3. The first-order valence-corrected chi connectivity index (χ1v) is 7.19. The van der Waals surface area contributed by atoms with Crippen LogP contribution < -0.4 is 0 Å². The fourth-order valence-electron chi connectivity index (χ4n) is 1.15. The minimum Gasteiger partial charge on any atom is -0.469 e. The Kier molecular flexibility index (Phi) is 7.33. The van der Waals surface area contributed by atoms with Crippen LogP contribution in [0.3, 0.4) is 0 Å². The van der Waals surface area contributed by atoms with Crippen LogP contribution in [0.5, 0.6) is 0 Å². The molecule has 96 valence electrons. The molecule has 16 heavy (non-hydrogen) atoms. The zero-order valence-electron chi connectivity index (χ0n) is 10.2. The molecule has 6 heteroatoms. The zero-order valence-corrected chi connectivity index (χ0v) is 11.0. The molecule has 0 aromatic heterocycles. The maximum absolute atomic E-state index is 11.2. The Labute approximate surface area is 97.7 Å². The first-order chi connectivity index (χ1) is 7.41. The first kappa shape index (κ1) is 15.4. The van der Waals surface area contributed by atoms with Crippen LogP contribution in [-0.4, -0.2) is 58.0 Å². The highest BCUT2D eigenvalue weighted by Gasteiger charge is 2.09. The fourth-order valence-corrected chi connectivity index (χ4v) is 2.02. The summed E-state index contributed by atoms with van der Waals surface area (Å²) in [6.07, 6.45) is 1.07. The number of rotatable bonds is 8. The summed E-state index contributed by atoms with van der Waals surface area (Å²) in [5.74, 6) is 0.135. The van der Waals surface area contributed by atoms with E-state index in [-0.39, 0.29) is 17.5 Å². The van der Waals surface area contributed by atoms with Crippen molar-refractivity contribution in [3.8, 4) is 0 Å². The minimum atomic E-state index is -2.89. The van der Waals surface area contributed by atoms with Crippen molar-refractivity contribution < 1.29 is 17.9 Å². The van der Waals surface area contributed by atoms with Gasteiger partial charge in [0.1, 0.15) is 0 Å². The zero-order chi connectivity index (χ0) is 12.6. The Balaban J connectivity index is 3.67. The van der Waals surface area contributed by atoms with Crippen molar-refractivity contribution in [2.75, 3.05) is 38.8 Å². The average Bonchev–Trinajstić information content (AvgIpc) is 2.26. The van der Waals surface area contributed by atoms with Crippen LogP contribution >= 0.6 is 0 Å². The van der Waals surface area contributed by atoms with Crippen molar-refractivity contribution in [3.63, 3.8) is 0 Å². The number of carbonyl (C=O) groups is 1. The van der Waals surface area contributed by atoms with E-state index in [0.29, 0.717) is 25.9 Å². The number of carbonyl (C=O) groups excluding carboxylic acids is 1. The normalized spacial score (nSPS) is 11.8. The monoisotopic (exact) mass is 251 g/mol. The maximum Gasteiger partial charge on any atom is 0.305 e. The van der Waals surface area contributed by atoms with Crippen LogP contribution in [0, 0.1) is 0 Å². The summed E-state index contributed by atoms with van der Waals surface area (Å²) >= 11 is 0. The molecule has 0 aliphatic rings. The molecule has 0 bridgehead atoms. The van der Waals surface area contributed by atoms with Crippen LogP contribution in [-0.2, 0) is 19.4 Å². The molecule has 0 aliphatic carbocycles. The molecule has 0 aromatic rings. The molecule has 0 saturated heterocycles. The Morgan fingerprint density at radius 2 is 1.94 bits per heavy atom. The summed E-state index contributed by atoms with van der Waals surface area (Å²) in [5.41, 5.74) is 0. The lowest BCUT2D eigenvalue weighted by Gasteiger charge is -2.15. The van der Waals surface area contributed by atoms with Gasteiger partial charge in [0.25, 0.3) is 0 Å². The summed E-state index contributed by atoms with van der Waals surface area (Å²) in [5, 5.41) is 0. The van der Waals surface area contributed by atoms with Gasteiger partial charge < -0.3 is 9.64 Å². The molecule has 0 fully saturated rings. The minimum absolute atomic E-state index is 0.179. The molecule has 0 rings (SSSR count). The Morgan fingerprint density at radius 3 is 2.44 bits per heavy atom. The molecule has 5 nitrogen and oxygen atoms in total. The van der Waals surface area contributed by atoms with Gasteiger partial charge in [0.05, 0.1) is 12.9 Å². The fraction of sp³-hybridized carbons (Fsp3) is 0.900. The predicted molar refractivity (Wildman–Crippen MR) is 63.1 cm³/mol. The van der Waals surface area contributed by atoms with E-state index in [1.54, 1.807) is 6.92 Å². The lowest BCUT2D eigenvalue weighted by molar-refractivity contribution is -0.140. The van der Waals surface area contributed by atoms with Crippen LogP contribution in [0.25, 0.3) is 0 Å². The van der Waals surface area contributed by atoms with E-state index < -0.39 is 9.84 Å². The second kappa shape index (κ2) is 7.62. The van der Waals surface area contributed by atoms with Crippen molar-refractivity contribution in [2.24, 2.45) is 0 Å². The molecule has 0 N–H and O–H groups in total. The highest BCUT2D eigenvalue weighted by Crippen LogP contribution is 1.97. The lowest BCUT2D eigenvalue weighted by Crippen LogP contribution is -2.27. The standard InChI is InChI=1S/C10H21NO4S/c1-4-16(13,14)9-8-11(2)7-5-6-10(12)15-3/h4-9H2,1-3H3. The molecule has 0 aliphatic heterocycles. The molecule has 0 unspecified atom stereocenters. The summed E-state index contributed by atoms with van der Waals surface area (Å²) < 4.78 is 27.0. The molecule has 0 atom stereocenters. The van der Waals surface area contributed by atoms with Crippen LogP contribution in [0.15, 0.2) is 0 Å². The molecule has 0 heterocycles. The van der Waals surface area contributed by atoms with Gasteiger partial charge in [-0.3, -0.25) is 4.79 Å². The molecule has 0 spiro atoms. The highest BCUT2D eigenvalue weighted by atomic mass is 32.2. The van der Waals surface area contributed by atoms with Gasteiger partial charge >= 0.3 is 5.97 Å². The topological polar surface area (TPSA) is 63.7 Å². The summed E-state index contributed by atoms with van der Waals surface area (Å²) in [6.45, 7) is 2.86. The van der Waals surface area contributed by atoms with Crippen molar-refractivity contribution >= 4 is 15.8 Å². The second-order valence-electron chi connectivity index (χ2n) is 3.72. The van der Waals surface area contributed by atoms with Gasteiger partial charge in [-0.25, -0.2) is 8.42 Å². The smallest absolute Gasteiger partial charge is 0.305 e. The van der Waals surface area contributed by atoms with E-state index in [1.807, 2.05) is 11.9 Å².